The first-order valence-corrected chi connectivity index (χ1v) is 7.16. The van der Waals surface area contributed by atoms with Crippen LogP contribution >= 0.6 is 22.7 Å². The summed E-state index contributed by atoms with van der Waals surface area (Å²) in [4.78, 5) is 7.26. The van der Waals surface area contributed by atoms with Crippen LogP contribution in [0.4, 0.5) is 0 Å². The van der Waals surface area contributed by atoms with Gasteiger partial charge in [-0.05, 0) is 31.8 Å². The van der Waals surface area contributed by atoms with Gasteiger partial charge in [-0.25, -0.2) is 4.98 Å². The van der Waals surface area contributed by atoms with E-state index < -0.39 is 0 Å². The van der Waals surface area contributed by atoms with E-state index in [4.69, 9.17) is 0 Å². The quantitative estimate of drug-likeness (QED) is 0.894. The second-order valence-corrected chi connectivity index (χ2v) is 5.70. The van der Waals surface area contributed by atoms with Crippen molar-refractivity contribution < 1.29 is 0 Å². The highest BCUT2D eigenvalue weighted by molar-refractivity contribution is 7.21. The third-order valence-corrected chi connectivity index (χ3v) is 4.85. The molecule has 0 aromatic carbocycles. The molecule has 2 rings (SSSR count). The minimum atomic E-state index is 0.399. The first-order valence-electron chi connectivity index (χ1n) is 5.47. The molecule has 2 aromatic heterocycles. The summed E-state index contributed by atoms with van der Waals surface area (Å²) in [5, 5.41) is 6.68. The molecule has 86 valence electrons. The maximum absolute atomic E-state index is 4.65. The van der Waals surface area contributed by atoms with Crippen LogP contribution in [0.1, 0.15) is 30.5 Å². The minimum absolute atomic E-state index is 0.399. The fourth-order valence-corrected chi connectivity index (χ4v) is 3.60. The Morgan fingerprint density at radius 3 is 2.94 bits per heavy atom. The predicted octanol–water partition coefficient (Wildman–Crippen LogP) is 3.85. The molecule has 16 heavy (non-hydrogen) atoms. The summed E-state index contributed by atoms with van der Waals surface area (Å²) < 4.78 is 0. The number of aryl methyl sites for hydroxylation is 1. The smallest absolute Gasteiger partial charge is 0.133 e. The first kappa shape index (κ1) is 11.8. The van der Waals surface area contributed by atoms with Crippen LogP contribution in [-0.4, -0.2) is 11.5 Å². The average Bonchev–Trinajstić information content (AvgIpc) is 2.86. The fraction of sp³-hybridized carbons (Fsp3) is 0.417. The van der Waals surface area contributed by atoms with Crippen LogP contribution in [-0.2, 0) is 0 Å². The molecule has 2 aromatic rings. The van der Waals surface area contributed by atoms with Gasteiger partial charge in [-0.3, -0.25) is 0 Å². The van der Waals surface area contributed by atoms with Gasteiger partial charge in [0.25, 0.3) is 0 Å². The second kappa shape index (κ2) is 5.08. The number of thiophene rings is 1. The van der Waals surface area contributed by atoms with Gasteiger partial charge in [0.1, 0.15) is 5.01 Å². The van der Waals surface area contributed by atoms with Crippen LogP contribution in [0.5, 0.6) is 0 Å². The standard InChI is InChI=1S/C12H16N2S2/c1-4-13-8(2)11-9(3)14-12(16-11)10-6-5-7-15-10/h5-8,13H,4H2,1-3H3. The van der Waals surface area contributed by atoms with Crippen molar-refractivity contribution in [3.63, 3.8) is 0 Å². The Bertz CT molecular complexity index is 446. The van der Waals surface area contributed by atoms with Crippen LogP contribution in [0, 0.1) is 6.92 Å². The molecule has 1 unspecified atom stereocenters. The van der Waals surface area contributed by atoms with Gasteiger partial charge in [-0.1, -0.05) is 13.0 Å². The predicted molar refractivity (Wildman–Crippen MR) is 72.3 cm³/mol. The molecule has 0 amide bonds. The largest absolute Gasteiger partial charge is 0.310 e. The minimum Gasteiger partial charge on any atom is -0.310 e. The van der Waals surface area contributed by atoms with Gasteiger partial charge in [0.05, 0.1) is 10.6 Å². The zero-order chi connectivity index (χ0) is 11.5. The molecule has 4 heteroatoms. The van der Waals surface area contributed by atoms with Gasteiger partial charge < -0.3 is 5.32 Å². The Hall–Kier alpha value is -0.710. The van der Waals surface area contributed by atoms with E-state index in [0.717, 1.165) is 17.2 Å². The average molecular weight is 252 g/mol. The number of thiazole rings is 1. The second-order valence-electron chi connectivity index (χ2n) is 3.73. The maximum Gasteiger partial charge on any atom is 0.133 e. The summed E-state index contributed by atoms with van der Waals surface area (Å²) in [6.45, 7) is 7.42. The number of nitrogens with zero attached hydrogens (tertiary/aromatic N) is 1. The lowest BCUT2D eigenvalue weighted by Gasteiger charge is -2.09. The summed E-state index contributed by atoms with van der Waals surface area (Å²) in [5.74, 6) is 0. The van der Waals surface area contributed by atoms with E-state index in [1.807, 2.05) is 0 Å². The van der Waals surface area contributed by atoms with E-state index in [-0.39, 0.29) is 0 Å². The van der Waals surface area contributed by atoms with Gasteiger partial charge in [0.2, 0.25) is 0 Å². The lowest BCUT2D eigenvalue weighted by Crippen LogP contribution is -2.17. The van der Waals surface area contributed by atoms with Gasteiger partial charge >= 0.3 is 0 Å². The summed E-state index contributed by atoms with van der Waals surface area (Å²) in [7, 11) is 0. The van der Waals surface area contributed by atoms with Crippen molar-refractivity contribution >= 4 is 22.7 Å². The molecule has 1 atom stereocenters. The molecule has 0 aliphatic rings. The Morgan fingerprint density at radius 2 is 2.31 bits per heavy atom. The highest BCUT2D eigenvalue weighted by Crippen LogP contribution is 2.33. The third kappa shape index (κ3) is 2.34. The van der Waals surface area contributed by atoms with Crippen molar-refractivity contribution in [2.45, 2.75) is 26.8 Å². The number of rotatable bonds is 4. The molecule has 2 nitrogen and oxygen atoms in total. The summed E-state index contributed by atoms with van der Waals surface area (Å²) in [5.41, 5.74) is 1.15. The number of nitrogens with one attached hydrogen (secondary N) is 1. The Balaban J connectivity index is 2.28. The number of aromatic nitrogens is 1. The Kier molecular flexibility index (Phi) is 3.74. The monoisotopic (exact) mass is 252 g/mol. The van der Waals surface area contributed by atoms with Crippen molar-refractivity contribution in [3.05, 3.63) is 28.1 Å². The van der Waals surface area contributed by atoms with Gasteiger partial charge in [-0.15, -0.1) is 22.7 Å². The van der Waals surface area contributed by atoms with Gasteiger partial charge in [0, 0.05) is 10.9 Å². The molecule has 0 fully saturated rings. The molecule has 0 aliphatic carbocycles. The molecular weight excluding hydrogens is 236 g/mol. The highest BCUT2D eigenvalue weighted by Gasteiger charge is 2.14. The van der Waals surface area contributed by atoms with Crippen LogP contribution in [0.2, 0.25) is 0 Å². The van der Waals surface area contributed by atoms with Crippen molar-refractivity contribution in [3.8, 4) is 9.88 Å². The van der Waals surface area contributed by atoms with E-state index in [9.17, 15) is 0 Å². The van der Waals surface area contributed by atoms with Crippen LogP contribution in [0.15, 0.2) is 17.5 Å². The molecule has 2 heterocycles. The maximum atomic E-state index is 4.65. The van der Waals surface area contributed by atoms with Crippen molar-refractivity contribution in [1.29, 1.82) is 0 Å². The van der Waals surface area contributed by atoms with Gasteiger partial charge in [-0.2, -0.15) is 0 Å². The Labute approximate surface area is 104 Å². The zero-order valence-corrected chi connectivity index (χ0v) is 11.4. The summed E-state index contributed by atoms with van der Waals surface area (Å²) in [6.07, 6.45) is 0. The molecule has 0 spiro atoms. The van der Waals surface area contributed by atoms with Crippen LogP contribution in [0.25, 0.3) is 9.88 Å². The molecule has 0 saturated carbocycles. The van der Waals surface area contributed by atoms with Crippen LogP contribution < -0.4 is 5.32 Å². The topological polar surface area (TPSA) is 24.9 Å². The van der Waals surface area contributed by atoms with Crippen molar-refractivity contribution in [2.24, 2.45) is 0 Å². The third-order valence-electron chi connectivity index (χ3n) is 2.47. The fourth-order valence-electron chi connectivity index (χ4n) is 1.71. The van der Waals surface area contributed by atoms with Crippen LogP contribution in [0.3, 0.4) is 0 Å². The SMILES string of the molecule is CCNC(C)c1sc(-c2cccs2)nc1C. The normalized spacial score (nSPS) is 12.9. The first-order chi connectivity index (χ1) is 7.72. The number of hydrogen-bond donors (Lipinski definition) is 1. The summed E-state index contributed by atoms with van der Waals surface area (Å²) >= 11 is 3.55. The molecular formula is C12H16N2S2. The molecule has 0 aliphatic heterocycles. The summed E-state index contributed by atoms with van der Waals surface area (Å²) in [6, 6.07) is 4.60. The van der Waals surface area contributed by atoms with E-state index >= 15 is 0 Å². The molecule has 0 bridgehead atoms. The Morgan fingerprint density at radius 1 is 1.50 bits per heavy atom. The highest BCUT2D eigenvalue weighted by atomic mass is 32.1. The van der Waals surface area contributed by atoms with Gasteiger partial charge in [0.15, 0.2) is 0 Å². The zero-order valence-electron chi connectivity index (χ0n) is 9.78. The van der Waals surface area contributed by atoms with E-state index in [0.29, 0.717) is 6.04 Å². The van der Waals surface area contributed by atoms with Crippen molar-refractivity contribution in [2.75, 3.05) is 6.54 Å². The van der Waals surface area contributed by atoms with E-state index in [2.05, 4.69) is 48.6 Å². The lowest BCUT2D eigenvalue weighted by atomic mass is 10.2. The van der Waals surface area contributed by atoms with E-state index in [1.54, 1.807) is 22.7 Å². The molecule has 0 radical (unpaired) electrons. The van der Waals surface area contributed by atoms with E-state index in [1.165, 1.54) is 9.75 Å². The lowest BCUT2D eigenvalue weighted by molar-refractivity contribution is 0.603. The number of hydrogen-bond acceptors (Lipinski definition) is 4. The molecule has 0 saturated heterocycles. The van der Waals surface area contributed by atoms with Crippen molar-refractivity contribution in [1.82, 2.24) is 10.3 Å². The molecule has 1 N–H and O–H groups in total.